The van der Waals surface area contributed by atoms with Crippen molar-refractivity contribution in [2.75, 3.05) is 49.3 Å². The maximum atomic E-state index is 11.7. The van der Waals surface area contributed by atoms with Crippen LogP contribution in [0.4, 0.5) is 0 Å². The van der Waals surface area contributed by atoms with Gasteiger partial charge in [0.05, 0.1) is 0 Å². The summed E-state index contributed by atoms with van der Waals surface area (Å²) in [6.45, 7) is 70.9. The molecule has 0 bridgehead atoms. The van der Waals surface area contributed by atoms with Crippen molar-refractivity contribution < 1.29 is 79.8 Å². The van der Waals surface area contributed by atoms with Crippen molar-refractivity contribution in [1.29, 1.82) is 0 Å². The molecule has 19 heteroatoms. The molecule has 0 unspecified atom stereocenters. The number of benzene rings is 5. The van der Waals surface area contributed by atoms with Crippen LogP contribution in [-0.4, -0.2) is 96.3 Å². The summed E-state index contributed by atoms with van der Waals surface area (Å²) in [6.07, 6.45) is 7.61. The minimum absolute atomic E-state index is 0. The van der Waals surface area contributed by atoms with E-state index in [-0.39, 0.29) is 89.9 Å². The molecule has 98 heavy (non-hydrogen) atoms. The number of carbonyl (C=O) groups is 3. The van der Waals surface area contributed by atoms with Crippen LogP contribution in [0.2, 0.25) is 0 Å². The molecule has 6 aromatic rings. The normalized spacial score (nSPS) is 8.45. The summed E-state index contributed by atoms with van der Waals surface area (Å²) in [6, 6.07) is 29.6. The van der Waals surface area contributed by atoms with Crippen LogP contribution < -0.4 is 27.5 Å². The summed E-state index contributed by atoms with van der Waals surface area (Å²) in [5.41, 5.74) is 25.1. The Hall–Kier alpha value is -5.60. The SMILES string of the molecule is C.CC.CC.CC.CC.CCC.CCC.CNN.CNNC(=O)c1c(C)cccc1C.Cc1cccc(C)c1-c1nc(C)n(C)n1.Cc1cccc(C)c1/C(Cl)=N/N(C)C.Cc1cccc(C)c1C(=O)Cl.Cc1cccc(C)c1C(=O)NN(C)C.[C-]#[N+]C.[CH-]=CC=[CH-].[CH-]=CC=[CH-].[Y].[Y]. The van der Waals surface area contributed by atoms with Gasteiger partial charge in [0.15, 0.2) is 11.0 Å². The molecular weight excluding hydrogens is 1410 g/mol. The van der Waals surface area contributed by atoms with Crippen LogP contribution in [-0.2, 0) is 72.5 Å². The number of halogens is 2. The van der Waals surface area contributed by atoms with E-state index in [9.17, 15) is 14.4 Å². The first-order valence-electron chi connectivity index (χ1n) is 32.0. The fraction of sp³-hybridized carbons (Fsp3) is 0.430. The number of aryl methyl sites for hydroxylation is 12. The predicted octanol–water partition coefficient (Wildman–Crippen LogP) is 19.6. The zero-order chi connectivity index (χ0) is 76.4. The zero-order valence-corrected chi connectivity index (χ0v) is 72.7. The molecule has 0 spiro atoms. The van der Waals surface area contributed by atoms with Gasteiger partial charge in [0.1, 0.15) is 5.82 Å². The molecule has 0 aliphatic heterocycles. The Morgan fingerprint density at radius 3 is 1.00 bits per heavy atom. The fourth-order valence-corrected chi connectivity index (χ4v) is 7.75. The largest absolute Gasteiger partial charge is 0.394 e. The van der Waals surface area contributed by atoms with Crippen LogP contribution in [0.3, 0.4) is 0 Å². The second-order valence-corrected chi connectivity index (χ2v) is 19.9. The maximum absolute atomic E-state index is 11.7. The second kappa shape index (κ2) is 82.1. The Morgan fingerprint density at radius 1 is 0.551 bits per heavy atom. The van der Waals surface area contributed by atoms with Crippen molar-refractivity contribution in [1.82, 2.24) is 46.5 Å². The zero-order valence-electron chi connectivity index (χ0n) is 65.5. The van der Waals surface area contributed by atoms with E-state index in [0.29, 0.717) is 10.7 Å². The van der Waals surface area contributed by atoms with Crippen LogP contribution in [0.5, 0.6) is 0 Å². The van der Waals surface area contributed by atoms with Crippen LogP contribution in [0.15, 0.2) is 120 Å². The first kappa shape index (κ1) is 119. The molecule has 15 nitrogen and oxygen atoms in total. The molecule has 0 aliphatic carbocycles. The number of rotatable bonds is 10. The third-order valence-electron chi connectivity index (χ3n) is 10.5. The summed E-state index contributed by atoms with van der Waals surface area (Å²) in [5.74, 6) is 6.22. The molecule has 0 atom stereocenters. The number of nitrogens with one attached hydrogen (secondary N) is 4. The fourth-order valence-electron chi connectivity index (χ4n) is 7.01. The number of carbonyl (C=O) groups excluding carboxylic acids is 3. The minimum atomic E-state index is -0.374. The number of amides is 2. The Morgan fingerprint density at radius 2 is 0.796 bits per heavy atom. The van der Waals surface area contributed by atoms with E-state index in [2.05, 4.69) is 107 Å². The van der Waals surface area contributed by atoms with Gasteiger partial charge in [-0.25, -0.2) is 22.0 Å². The topological polar surface area (TPSA) is 179 Å². The molecule has 2 radical (unpaired) electrons. The molecule has 548 valence electrons. The van der Waals surface area contributed by atoms with Gasteiger partial charge >= 0.3 is 0 Å². The summed E-state index contributed by atoms with van der Waals surface area (Å²) >= 11 is 11.5. The molecule has 1 aromatic heterocycles. The van der Waals surface area contributed by atoms with Crippen molar-refractivity contribution in [2.45, 2.75) is 180 Å². The number of aromatic nitrogens is 3. The van der Waals surface area contributed by atoms with E-state index in [1.165, 1.54) is 55.3 Å². The van der Waals surface area contributed by atoms with Gasteiger partial charge in [0.2, 0.25) is 7.05 Å². The maximum Gasteiger partial charge on any atom is 0.266 e. The number of hydrazone groups is 1. The van der Waals surface area contributed by atoms with Crippen LogP contribution in [0.25, 0.3) is 16.2 Å². The molecule has 2 amide bonds. The number of hydrogen-bond acceptors (Lipinski definition) is 11. The number of hydrogen-bond donors (Lipinski definition) is 5. The monoisotopic (exact) mass is 1540 g/mol. The van der Waals surface area contributed by atoms with Crippen molar-refractivity contribution in [3.05, 3.63) is 237 Å². The summed E-state index contributed by atoms with van der Waals surface area (Å²) < 4.78 is 1.81. The van der Waals surface area contributed by atoms with Crippen LogP contribution in [0, 0.1) is 109 Å². The Balaban J connectivity index is -0.0000000856. The summed E-state index contributed by atoms with van der Waals surface area (Å²) in [5, 5.41) is 12.1. The van der Waals surface area contributed by atoms with Crippen LogP contribution in [0.1, 0.15) is 201 Å². The molecule has 0 fully saturated rings. The Labute approximate surface area is 660 Å². The van der Waals surface area contributed by atoms with Gasteiger partial charge in [-0.1, -0.05) is 206 Å². The molecule has 6 rings (SSSR count). The molecule has 1 heterocycles. The predicted molar refractivity (Wildman–Crippen MR) is 424 cm³/mol. The standard InChI is InChI=1S/C12H15N3.C11H15ClN2.C11H16N2O.C10H14N2O.C9H9ClO.2C4H4.2C3H8.C2H3N.4C2H6.CH6N2.CH4.2Y/c1-8-6-5-7-9(2)11(8)12-13-10(3)15(4)14-12;1-8-6-5-7-9(2)10(8)11(12)13-14(3)4;1-8-6-5-7-9(2)10(8)11(14)12-13(3)4;1-7-5-4-6-8(2)9(7)10(13)12-11-3;1-6-4-3-5-7(2)8(6)9(10)11;2*1-3-4-2;3*1-3-2;4*1-2;1-3-2;;;/h5-7H,1-4H3;5-7H,1-4H3;5-7H,1-4H3,(H,12,14);4-6,11H,1-3H3,(H,12,13);3-5H,1-2H3;2*1-4H;2*3H2,1-2H3;1H3;4*1-2H3;3H,2H2,1H3;1H4;;/q;;;;;2*-2;;;;;;;;;;;/b;13-11-;;;;;;;;;;;;;;;;. The first-order chi connectivity index (χ1) is 44.9. The van der Waals surface area contributed by atoms with Gasteiger partial charge in [-0.3, -0.25) is 41.2 Å². The van der Waals surface area contributed by atoms with E-state index < -0.39 is 0 Å². The molecule has 0 saturated carbocycles. The molecule has 5 aromatic carbocycles. The van der Waals surface area contributed by atoms with E-state index in [4.69, 9.17) is 56.1 Å². The van der Waals surface area contributed by atoms with Crippen molar-refractivity contribution in [3.63, 3.8) is 0 Å². The van der Waals surface area contributed by atoms with E-state index >= 15 is 0 Å². The average molecular weight is 1540 g/mol. The Kier molecular flexibility index (Phi) is 100.0. The van der Waals surface area contributed by atoms with Gasteiger partial charge < -0.3 is 60.5 Å². The van der Waals surface area contributed by atoms with Gasteiger partial charge in [-0.2, -0.15) is 10.2 Å². The first-order valence-corrected chi connectivity index (χ1v) is 32.7. The molecule has 6 N–H and O–H groups in total. The van der Waals surface area contributed by atoms with Gasteiger partial charge in [0.25, 0.3) is 17.1 Å². The van der Waals surface area contributed by atoms with Gasteiger partial charge in [0, 0.05) is 136 Å². The quantitative estimate of drug-likeness (QED) is 0.0221. The van der Waals surface area contributed by atoms with E-state index in [1.54, 1.807) is 42.9 Å². The van der Waals surface area contributed by atoms with Crippen molar-refractivity contribution >= 4 is 45.4 Å². The molecule has 0 saturated heterocycles. The minimum Gasteiger partial charge on any atom is -0.394 e. The second-order valence-electron chi connectivity index (χ2n) is 19.2. The number of hydrazine groups is 3. The third-order valence-corrected chi connectivity index (χ3v) is 11.0. The van der Waals surface area contributed by atoms with E-state index in [1.807, 2.05) is 212 Å². The van der Waals surface area contributed by atoms with Crippen molar-refractivity contribution in [2.24, 2.45) is 18.0 Å². The van der Waals surface area contributed by atoms with Crippen molar-refractivity contribution in [3.8, 4) is 11.4 Å². The van der Waals surface area contributed by atoms with E-state index in [0.717, 1.165) is 78.4 Å². The number of nitrogens with zero attached hydrogens (tertiary/aromatic N) is 7. The summed E-state index contributed by atoms with van der Waals surface area (Å²) in [7, 11) is 14.0. The molecular formula is C79H130Cl2N12O3Y2-4. The third kappa shape index (κ3) is 60.4. The van der Waals surface area contributed by atoms with Gasteiger partial charge in [-0.05, 0) is 150 Å². The van der Waals surface area contributed by atoms with Crippen LogP contribution >= 0.6 is 23.2 Å². The number of allylic oxidation sites excluding steroid dienone is 4. The van der Waals surface area contributed by atoms with Gasteiger partial charge in [-0.15, -0.1) is 0 Å². The smallest absolute Gasteiger partial charge is 0.266 e. The number of nitrogens with two attached hydrogens (primary N) is 1. The average Bonchev–Trinajstić information content (AvgIpc) is 1.59. The summed E-state index contributed by atoms with van der Waals surface area (Å²) in [4.78, 5) is 41.3. The molecule has 0 aliphatic rings. The Bertz CT molecular complexity index is 2900.